The van der Waals surface area contributed by atoms with Crippen molar-refractivity contribution in [3.63, 3.8) is 0 Å². The largest absolute Gasteiger partial charge is 0.495 e. The molecule has 4 rings (SSSR count). The summed E-state index contributed by atoms with van der Waals surface area (Å²) in [6.45, 7) is 0. The lowest BCUT2D eigenvalue weighted by molar-refractivity contribution is 0.414. The molecule has 7 nitrogen and oxygen atoms in total. The molecule has 0 atom stereocenters. The van der Waals surface area contributed by atoms with Crippen molar-refractivity contribution in [2.75, 3.05) is 11.8 Å². The monoisotopic (exact) mass is 378 g/mol. The van der Waals surface area contributed by atoms with Crippen LogP contribution in [0.4, 0.5) is 5.69 Å². The molecule has 0 unspecified atom stereocenters. The quantitative estimate of drug-likeness (QED) is 0.737. The first kappa shape index (κ1) is 16.2. The Bertz CT molecular complexity index is 1060. The summed E-state index contributed by atoms with van der Waals surface area (Å²) < 4.78 is 34.6. The standard InChI is InChI=1S/C16H15ClN4O3S/c1-24-14-7-6-11(9-12(14)17)25(22,23)20-13-3-2-8-21-16(13)18-15(19-21)10-4-5-10/h2-3,6-10,20H,4-5H2,1H3. The van der Waals surface area contributed by atoms with Crippen LogP contribution in [0.5, 0.6) is 5.75 Å². The number of anilines is 1. The van der Waals surface area contributed by atoms with E-state index in [0.29, 0.717) is 23.0 Å². The van der Waals surface area contributed by atoms with Gasteiger partial charge in [-0.15, -0.1) is 0 Å². The predicted octanol–water partition coefficient (Wildman–Crippen LogP) is 3.07. The lowest BCUT2D eigenvalue weighted by atomic mass is 10.3. The van der Waals surface area contributed by atoms with Crippen molar-refractivity contribution in [2.45, 2.75) is 23.7 Å². The Morgan fingerprint density at radius 3 is 2.80 bits per heavy atom. The number of halogens is 1. The van der Waals surface area contributed by atoms with E-state index in [4.69, 9.17) is 16.3 Å². The Morgan fingerprint density at radius 1 is 1.32 bits per heavy atom. The molecule has 0 bridgehead atoms. The molecule has 0 amide bonds. The molecule has 2 aromatic heterocycles. The van der Waals surface area contributed by atoms with Gasteiger partial charge in [-0.2, -0.15) is 5.10 Å². The van der Waals surface area contributed by atoms with E-state index in [0.717, 1.165) is 18.7 Å². The number of aromatic nitrogens is 3. The van der Waals surface area contributed by atoms with Crippen LogP contribution in [-0.4, -0.2) is 30.1 Å². The van der Waals surface area contributed by atoms with Crippen molar-refractivity contribution in [1.82, 2.24) is 14.6 Å². The highest BCUT2D eigenvalue weighted by atomic mass is 35.5. The average molecular weight is 379 g/mol. The number of nitrogens with zero attached hydrogens (tertiary/aromatic N) is 3. The molecule has 0 radical (unpaired) electrons. The van der Waals surface area contributed by atoms with Crippen LogP contribution in [0.2, 0.25) is 5.02 Å². The third-order valence-electron chi connectivity index (χ3n) is 4.00. The number of methoxy groups -OCH3 is 1. The van der Waals surface area contributed by atoms with E-state index in [-0.39, 0.29) is 9.92 Å². The van der Waals surface area contributed by atoms with Crippen LogP contribution in [0, 0.1) is 0 Å². The minimum Gasteiger partial charge on any atom is -0.495 e. The molecule has 130 valence electrons. The molecule has 25 heavy (non-hydrogen) atoms. The fourth-order valence-corrected chi connectivity index (χ4v) is 3.94. The van der Waals surface area contributed by atoms with Gasteiger partial charge in [-0.1, -0.05) is 11.6 Å². The summed E-state index contributed by atoms with van der Waals surface area (Å²) in [4.78, 5) is 4.52. The highest BCUT2D eigenvalue weighted by molar-refractivity contribution is 7.92. The summed E-state index contributed by atoms with van der Waals surface area (Å²) in [5.41, 5.74) is 0.849. The number of hydrogen-bond acceptors (Lipinski definition) is 5. The van der Waals surface area contributed by atoms with E-state index in [1.165, 1.54) is 25.3 Å². The van der Waals surface area contributed by atoms with Gasteiger partial charge in [0, 0.05) is 12.1 Å². The van der Waals surface area contributed by atoms with Crippen LogP contribution in [-0.2, 0) is 10.0 Å². The van der Waals surface area contributed by atoms with Crippen molar-refractivity contribution in [2.24, 2.45) is 0 Å². The van der Waals surface area contributed by atoms with Crippen LogP contribution < -0.4 is 9.46 Å². The molecule has 0 spiro atoms. The summed E-state index contributed by atoms with van der Waals surface area (Å²) in [7, 11) is -2.35. The van der Waals surface area contributed by atoms with E-state index in [9.17, 15) is 8.42 Å². The smallest absolute Gasteiger partial charge is 0.262 e. The zero-order valence-electron chi connectivity index (χ0n) is 13.3. The molecule has 9 heteroatoms. The average Bonchev–Trinajstić information content (AvgIpc) is 3.34. The number of hydrogen-bond donors (Lipinski definition) is 1. The number of rotatable bonds is 5. The van der Waals surface area contributed by atoms with Gasteiger partial charge >= 0.3 is 0 Å². The van der Waals surface area contributed by atoms with Gasteiger partial charge in [0.2, 0.25) is 0 Å². The van der Waals surface area contributed by atoms with Crippen LogP contribution in [0.25, 0.3) is 5.65 Å². The minimum absolute atomic E-state index is 0.0437. The summed E-state index contributed by atoms with van der Waals surface area (Å²) in [6, 6.07) is 7.68. The van der Waals surface area contributed by atoms with Gasteiger partial charge in [-0.05, 0) is 43.2 Å². The Morgan fingerprint density at radius 2 is 2.12 bits per heavy atom. The molecule has 1 aromatic carbocycles. The van der Waals surface area contributed by atoms with Crippen LogP contribution in [0.15, 0.2) is 41.4 Å². The number of ether oxygens (including phenoxy) is 1. The Kier molecular flexibility index (Phi) is 3.81. The maximum atomic E-state index is 12.7. The summed E-state index contributed by atoms with van der Waals surface area (Å²) in [5.74, 6) is 1.54. The Balaban J connectivity index is 1.71. The van der Waals surface area contributed by atoms with Gasteiger partial charge in [0.05, 0.1) is 22.7 Å². The predicted molar refractivity (Wildman–Crippen MR) is 93.8 cm³/mol. The van der Waals surface area contributed by atoms with E-state index >= 15 is 0 Å². The first-order valence-electron chi connectivity index (χ1n) is 7.69. The molecular formula is C16H15ClN4O3S. The Hall–Kier alpha value is -2.32. The van der Waals surface area contributed by atoms with E-state index in [2.05, 4.69) is 14.8 Å². The number of fused-ring (bicyclic) bond motifs is 1. The van der Waals surface area contributed by atoms with Gasteiger partial charge in [-0.3, -0.25) is 4.72 Å². The number of nitrogens with one attached hydrogen (secondary N) is 1. The van der Waals surface area contributed by atoms with Crippen LogP contribution in [0.1, 0.15) is 24.6 Å². The van der Waals surface area contributed by atoms with E-state index in [1.807, 2.05) is 0 Å². The van der Waals surface area contributed by atoms with Crippen molar-refractivity contribution in [1.29, 1.82) is 0 Å². The van der Waals surface area contributed by atoms with Crippen LogP contribution in [0.3, 0.4) is 0 Å². The van der Waals surface area contributed by atoms with Crippen molar-refractivity contribution < 1.29 is 13.2 Å². The molecular weight excluding hydrogens is 364 g/mol. The van der Waals surface area contributed by atoms with E-state index in [1.54, 1.807) is 22.8 Å². The molecule has 2 heterocycles. The van der Waals surface area contributed by atoms with Gasteiger partial charge in [0.25, 0.3) is 10.0 Å². The summed E-state index contributed by atoms with van der Waals surface area (Å²) in [5, 5.41) is 4.63. The fraction of sp³-hybridized carbons (Fsp3) is 0.250. The molecule has 3 aromatic rings. The van der Waals surface area contributed by atoms with Crippen molar-refractivity contribution in [3.8, 4) is 5.75 Å². The number of benzene rings is 1. The highest BCUT2D eigenvalue weighted by Crippen LogP contribution is 2.38. The highest BCUT2D eigenvalue weighted by Gasteiger charge is 2.28. The third kappa shape index (κ3) is 3.03. The second-order valence-electron chi connectivity index (χ2n) is 5.84. The van der Waals surface area contributed by atoms with Gasteiger partial charge in [-0.25, -0.2) is 17.9 Å². The maximum absolute atomic E-state index is 12.7. The topological polar surface area (TPSA) is 85.6 Å². The first-order valence-corrected chi connectivity index (χ1v) is 9.56. The molecule has 1 N–H and O–H groups in total. The molecule has 1 fully saturated rings. The molecule has 1 saturated carbocycles. The van der Waals surface area contributed by atoms with Crippen molar-refractivity contribution >= 4 is 33.0 Å². The SMILES string of the molecule is COc1ccc(S(=O)(=O)Nc2cccn3nc(C4CC4)nc23)cc1Cl. The Labute approximate surface area is 149 Å². The minimum atomic E-state index is -3.82. The van der Waals surface area contributed by atoms with Gasteiger partial charge in [0.1, 0.15) is 5.75 Å². The zero-order chi connectivity index (χ0) is 17.6. The second-order valence-corrected chi connectivity index (χ2v) is 7.93. The second kappa shape index (κ2) is 5.89. The fourth-order valence-electron chi connectivity index (χ4n) is 2.53. The van der Waals surface area contributed by atoms with Gasteiger partial charge < -0.3 is 4.74 Å². The van der Waals surface area contributed by atoms with Crippen LogP contribution >= 0.6 is 11.6 Å². The lowest BCUT2D eigenvalue weighted by Gasteiger charge is -2.10. The summed E-state index contributed by atoms with van der Waals surface area (Å²) in [6.07, 6.45) is 3.89. The normalized spacial score (nSPS) is 14.6. The lowest BCUT2D eigenvalue weighted by Crippen LogP contribution is -2.14. The molecule has 1 aliphatic carbocycles. The summed E-state index contributed by atoms with van der Waals surface area (Å²) >= 11 is 6.04. The molecule has 0 aliphatic heterocycles. The van der Waals surface area contributed by atoms with Gasteiger partial charge in [0.15, 0.2) is 11.5 Å². The number of pyridine rings is 1. The third-order valence-corrected chi connectivity index (χ3v) is 5.66. The van der Waals surface area contributed by atoms with E-state index < -0.39 is 10.0 Å². The molecule has 1 aliphatic rings. The molecule has 0 saturated heterocycles. The number of sulfonamides is 1. The first-order chi connectivity index (χ1) is 12.0. The zero-order valence-corrected chi connectivity index (χ0v) is 14.9. The van der Waals surface area contributed by atoms with Crippen molar-refractivity contribution in [3.05, 3.63) is 47.4 Å². The maximum Gasteiger partial charge on any atom is 0.262 e.